The van der Waals surface area contributed by atoms with Gasteiger partial charge in [0, 0.05) is 17.9 Å². The number of ether oxygens (including phenoxy) is 2. The maximum atomic E-state index is 13.2. The van der Waals surface area contributed by atoms with Gasteiger partial charge in [-0.2, -0.15) is 0 Å². The smallest absolute Gasteiger partial charge is 0.331 e. The van der Waals surface area contributed by atoms with E-state index >= 15 is 0 Å². The second kappa shape index (κ2) is 13.3. The number of epoxide rings is 1. The van der Waals surface area contributed by atoms with Gasteiger partial charge < -0.3 is 35.0 Å². The van der Waals surface area contributed by atoms with Crippen LogP contribution in [0, 0.1) is 17.8 Å². The minimum absolute atomic E-state index is 0.0625. The van der Waals surface area contributed by atoms with Crippen molar-refractivity contribution in [3.63, 3.8) is 0 Å². The molecule has 0 radical (unpaired) electrons. The van der Waals surface area contributed by atoms with Gasteiger partial charge in [0.15, 0.2) is 17.0 Å². The molecule has 0 aromatic heterocycles. The zero-order chi connectivity index (χ0) is 32.5. The van der Waals surface area contributed by atoms with E-state index in [4.69, 9.17) is 9.47 Å². The average molecular weight is 617 g/mol. The first-order valence-electron chi connectivity index (χ1n) is 16.3. The fourth-order valence-corrected chi connectivity index (χ4v) is 8.14. The molecule has 246 valence electrons. The largest absolute Gasteiger partial charge is 0.449 e. The molecule has 0 bridgehead atoms. The third kappa shape index (κ3) is 5.58. The van der Waals surface area contributed by atoms with E-state index in [2.05, 4.69) is 13.5 Å². The number of hydrogen-bond acceptors (Lipinski definition) is 9. The number of Topliss-reactive ketones (excluding diaryl/α,β-unsaturated/α-hetero) is 1. The molecule has 1 heterocycles. The van der Waals surface area contributed by atoms with E-state index in [9.17, 15) is 35.1 Å². The van der Waals surface area contributed by atoms with Gasteiger partial charge in [-0.05, 0) is 50.2 Å². The predicted octanol–water partition coefficient (Wildman–Crippen LogP) is 3.62. The SMILES string of the molecule is C=C(C)[C@]1(OC(=O)/C=C/C=C/CCCCCCCCCC)C[C@@H](C)[C@@]2(O)[C@H]([C@H]1O)[C@@H]1O[C@]1(CO)[C@@H](O)[C@]1(O)C(=O)C(C)=C[C@H]12. The molecule has 3 fully saturated rings. The van der Waals surface area contributed by atoms with Crippen LogP contribution in [-0.4, -0.2) is 84.6 Å². The summed E-state index contributed by atoms with van der Waals surface area (Å²) in [5, 5.41) is 57.7. The van der Waals surface area contributed by atoms with Crippen LogP contribution in [0.1, 0.15) is 91.9 Å². The summed E-state index contributed by atoms with van der Waals surface area (Å²) in [5.41, 5.74) is -7.36. The van der Waals surface area contributed by atoms with Gasteiger partial charge in [0.25, 0.3) is 0 Å². The third-order valence-corrected chi connectivity index (χ3v) is 10.8. The first kappa shape index (κ1) is 34.7. The average Bonchev–Trinajstić information content (AvgIpc) is 3.67. The molecule has 0 unspecified atom stereocenters. The Labute approximate surface area is 261 Å². The standard InChI is InChI=1S/C35H52O9/c1-6-7-8-9-10-11-12-13-14-15-16-17-18-26(37)43-32(22(2)3)20-24(5)34(41)25-19-23(4)28(38)35(25,42)31(40)33(21-36)30(44-33)27(34)29(32)39/h15-19,24-25,27,29-31,36,39-42H,2,6-14,20-21H2,1,3-5H3/b16-15+,18-17+/t24-,25+,27-,29-,30+,31-,32-,33+,34+,35-/m1/s1. The molecular formula is C35H52O9. The molecule has 1 saturated heterocycles. The van der Waals surface area contributed by atoms with Crippen LogP contribution in [0.2, 0.25) is 0 Å². The zero-order valence-corrected chi connectivity index (χ0v) is 26.7. The number of ketones is 1. The van der Waals surface area contributed by atoms with E-state index in [-0.39, 0.29) is 12.0 Å². The Morgan fingerprint density at radius 1 is 1.11 bits per heavy atom. The summed E-state index contributed by atoms with van der Waals surface area (Å²) in [7, 11) is 0. The van der Waals surface area contributed by atoms with Crippen molar-refractivity contribution in [3.8, 4) is 0 Å². The second-order valence-electron chi connectivity index (χ2n) is 13.6. The van der Waals surface area contributed by atoms with Crippen molar-refractivity contribution in [2.45, 2.75) is 133 Å². The lowest BCUT2D eigenvalue weighted by Crippen LogP contribution is -2.71. The number of allylic oxidation sites excluding steroid dienone is 3. The van der Waals surface area contributed by atoms with E-state index in [1.54, 1.807) is 26.0 Å². The molecular weight excluding hydrogens is 564 g/mol. The Morgan fingerprint density at radius 3 is 2.36 bits per heavy atom. The highest BCUT2D eigenvalue weighted by molar-refractivity contribution is 6.05. The van der Waals surface area contributed by atoms with Crippen molar-refractivity contribution >= 4 is 11.8 Å². The van der Waals surface area contributed by atoms with Gasteiger partial charge in [-0.25, -0.2) is 4.79 Å². The lowest BCUT2D eigenvalue weighted by atomic mass is 9.54. The Balaban J connectivity index is 1.49. The Kier molecular flexibility index (Phi) is 10.5. The van der Waals surface area contributed by atoms with Gasteiger partial charge in [-0.1, -0.05) is 89.7 Å². The van der Waals surface area contributed by atoms with Gasteiger partial charge in [-0.3, -0.25) is 4.79 Å². The summed E-state index contributed by atoms with van der Waals surface area (Å²) in [5.74, 6) is -4.78. The first-order valence-corrected chi connectivity index (χ1v) is 16.3. The molecule has 0 aromatic carbocycles. The third-order valence-electron chi connectivity index (χ3n) is 10.8. The lowest BCUT2D eigenvalue weighted by Gasteiger charge is -2.57. The summed E-state index contributed by atoms with van der Waals surface area (Å²) < 4.78 is 11.7. The summed E-state index contributed by atoms with van der Waals surface area (Å²) in [6.45, 7) is 10.3. The lowest BCUT2D eigenvalue weighted by molar-refractivity contribution is -0.252. The quantitative estimate of drug-likeness (QED) is 0.0491. The predicted molar refractivity (Wildman–Crippen MR) is 165 cm³/mol. The normalized spacial score (nSPS) is 41.2. The Hall–Kier alpha value is -2.14. The second-order valence-corrected chi connectivity index (χ2v) is 13.6. The number of fused-ring (bicyclic) bond motifs is 5. The molecule has 1 aliphatic heterocycles. The maximum absolute atomic E-state index is 13.2. The van der Waals surface area contributed by atoms with Gasteiger partial charge >= 0.3 is 5.97 Å². The van der Waals surface area contributed by atoms with Crippen molar-refractivity contribution in [1.82, 2.24) is 0 Å². The monoisotopic (exact) mass is 616 g/mol. The molecule has 0 spiro atoms. The minimum atomic E-state index is -2.47. The minimum Gasteiger partial charge on any atom is -0.449 e. The van der Waals surface area contributed by atoms with Crippen LogP contribution < -0.4 is 0 Å². The van der Waals surface area contributed by atoms with Crippen LogP contribution in [-0.2, 0) is 19.1 Å². The number of esters is 1. The number of rotatable bonds is 14. The van der Waals surface area contributed by atoms with Crippen molar-refractivity contribution in [2.75, 3.05) is 6.61 Å². The molecule has 0 aromatic rings. The van der Waals surface area contributed by atoms with E-state index < -0.39 is 76.8 Å². The highest BCUT2D eigenvalue weighted by atomic mass is 16.6. The topological polar surface area (TPSA) is 157 Å². The van der Waals surface area contributed by atoms with Crippen LogP contribution in [0.15, 0.2) is 48.1 Å². The van der Waals surface area contributed by atoms with Crippen LogP contribution in [0.25, 0.3) is 0 Å². The molecule has 44 heavy (non-hydrogen) atoms. The summed E-state index contributed by atoms with van der Waals surface area (Å²) in [6, 6.07) is 0. The molecule has 4 aliphatic rings. The van der Waals surface area contributed by atoms with Gasteiger partial charge in [0.2, 0.25) is 0 Å². The van der Waals surface area contributed by atoms with E-state index in [1.807, 2.05) is 6.08 Å². The van der Waals surface area contributed by atoms with E-state index in [0.29, 0.717) is 5.57 Å². The molecule has 4 rings (SSSR count). The molecule has 0 amide bonds. The number of aliphatic hydroxyl groups is 5. The fourth-order valence-electron chi connectivity index (χ4n) is 8.14. The number of hydrogen-bond donors (Lipinski definition) is 5. The van der Waals surface area contributed by atoms with Crippen LogP contribution in [0.4, 0.5) is 0 Å². The Bertz CT molecular complexity index is 1190. The van der Waals surface area contributed by atoms with Gasteiger partial charge in [-0.15, -0.1) is 0 Å². The molecule has 3 aliphatic carbocycles. The summed E-state index contributed by atoms with van der Waals surface area (Å²) >= 11 is 0. The van der Waals surface area contributed by atoms with Crippen molar-refractivity contribution < 1.29 is 44.6 Å². The molecule has 10 atom stereocenters. The maximum Gasteiger partial charge on any atom is 0.331 e. The van der Waals surface area contributed by atoms with Crippen LogP contribution in [0.3, 0.4) is 0 Å². The Morgan fingerprint density at radius 2 is 1.75 bits per heavy atom. The number of carbonyl (C=O) groups is 2. The number of carbonyl (C=O) groups excluding carboxylic acids is 2. The zero-order valence-electron chi connectivity index (χ0n) is 26.7. The number of unbranched alkanes of at least 4 members (excludes halogenated alkanes) is 8. The number of aliphatic hydroxyl groups excluding tert-OH is 3. The van der Waals surface area contributed by atoms with Crippen molar-refractivity contribution in [2.24, 2.45) is 17.8 Å². The van der Waals surface area contributed by atoms with Crippen LogP contribution in [0.5, 0.6) is 0 Å². The fraction of sp³-hybridized carbons (Fsp3) is 0.714. The summed E-state index contributed by atoms with van der Waals surface area (Å²) in [6.07, 6.45) is 14.3. The molecule has 9 nitrogen and oxygen atoms in total. The van der Waals surface area contributed by atoms with Crippen LogP contribution >= 0.6 is 0 Å². The first-order chi connectivity index (χ1) is 20.8. The summed E-state index contributed by atoms with van der Waals surface area (Å²) in [4.78, 5) is 26.3. The van der Waals surface area contributed by atoms with E-state index in [0.717, 1.165) is 12.8 Å². The highest BCUT2D eigenvalue weighted by Gasteiger charge is 2.83. The molecule has 2 saturated carbocycles. The highest BCUT2D eigenvalue weighted by Crippen LogP contribution is 2.65. The van der Waals surface area contributed by atoms with Gasteiger partial charge in [0.1, 0.15) is 23.9 Å². The van der Waals surface area contributed by atoms with E-state index in [1.165, 1.54) is 64.0 Å². The van der Waals surface area contributed by atoms with Crippen molar-refractivity contribution in [3.05, 3.63) is 48.1 Å². The molecule has 5 N–H and O–H groups in total. The van der Waals surface area contributed by atoms with Crippen molar-refractivity contribution in [1.29, 1.82) is 0 Å². The van der Waals surface area contributed by atoms with Gasteiger partial charge in [0.05, 0.1) is 12.2 Å². The molecule has 9 heteroatoms.